The number of nitro groups is 1. The van der Waals surface area contributed by atoms with E-state index >= 15 is 0 Å². The van der Waals surface area contributed by atoms with Gasteiger partial charge in [0.05, 0.1) is 16.3 Å². The summed E-state index contributed by atoms with van der Waals surface area (Å²) in [6, 6.07) is 8.28. The van der Waals surface area contributed by atoms with Gasteiger partial charge in [-0.15, -0.1) is 0 Å². The molecule has 2 N–H and O–H groups in total. The first-order chi connectivity index (χ1) is 10.5. The maximum absolute atomic E-state index is 12.2. The number of anilines is 2. The average Bonchev–Trinajstić information content (AvgIpc) is 2.61. The molecule has 0 radical (unpaired) electrons. The Labute approximate surface area is 123 Å². The van der Waals surface area contributed by atoms with Crippen molar-refractivity contribution in [1.29, 1.82) is 0 Å². The summed E-state index contributed by atoms with van der Waals surface area (Å²) < 4.78 is 5.49. The Hall–Kier alpha value is -3.17. The Kier molecular flexibility index (Phi) is 3.13. The topological polar surface area (TPSA) is 128 Å². The molecule has 0 unspecified atom stereocenters. The summed E-state index contributed by atoms with van der Waals surface area (Å²) >= 11 is 0. The zero-order chi connectivity index (χ0) is 15.9. The molecular weight excluding hydrogens is 294 g/mol. The van der Waals surface area contributed by atoms with Crippen LogP contribution in [0.2, 0.25) is 0 Å². The SMILES string of the molecule is O=C1Nc2ccccc2Oc2cc(N([O-])O)cc([N+](=O)[O-])c21. The Morgan fingerprint density at radius 1 is 1.23 bits per heavy atom. The van der Waals surface area contributed by atoms with Crippen LogP contribution in [0.4, 0.5) is 17.1 Å². The summed E-state index contributed by atoms with van der Waals surface area (Å²) in [5.74, 6) is -0.674. The van der Waals surface area contributed by atoms with Crippen LogP contribution < -0.4 is 15.3 Å². The highest BCUT2D eigenvalue weighted by Crippen LogP contribution is 2.41. The molecule has 2 aromatic rings. The predicted octanol–water partition coefficient (Wildman–Crippen LogP) is 2.65. The molecule has 0 saturated carbocycles. The predicted molar refractivity (Wildman–Crippen MR) is 75.2 cm³/mol. The summed E-state index contributed by atoms with van der Waals surface area (Å²) in [5.41, 5.74) is -1.06. The minimum atomic E-state index is -0.829. The first-order valence-electron chi connectivity index (χ1n) is 6.04. The summed E-state index contributed by atoms with van der Waals surface area (Å²) in [6.07, 6.45) is 0. The number of hydrogen-bond donors (Lipinski definition) is 2. The Morgan fingerprint density at radius 3 is 2.64 bits per heavy atom. The van der Waals surface area contributed by atoms with Crippen molar-refractivity contribution in [2.75, 3.05) is 10.5 Å². The number of carbonyl (C=O) groups excluding carboxylic acids is 1. The van der Waals surface area contributed by atoms with Crippen LogP contribution in [-0.2, 0) is 0 Å². The largest absolute Gasteiger partial charge is 0.733 e. The maximum Gasteiger partial charge on any atom is 0.288 e. The van der Waals surface area contributed by atoms with Crippen LogP contribution in [0.15, 0.2) is 36.4 Å². The van der Waals surface area contributed by atoms with Gasteiger partial charge in [0.2, 0.25) is 0 Å². The maximum atomic E-state index is 12.2. The number of amides is 1. The van der Waals surface area contributed by atoms with E-state index in [1.54, 1.807) is 24.3 Å². The van der Waals surface area contributed by atoms with Crippen molar-refractivity contribution in [3.63, 3.8) is 0 Å². The van der Waals surface area contributed by atoms with Gasteiger partial charge < -0.3 is 20.5 Å². The second-order valence-electron chi connectivity index (χ2n) is 4.42. The molecule has 1 heterocycles. The summed E-state index contributed by atoms with van der Waals surface area (Å²) in [6.45, 7) is 0. The lowest BCUT2D eigenvalue weighted by molar-refractivity contribution is -0.385. The zero-order valence-corrected chi connectivity index (χ0v) is 10.8. The molecule has 0 saturated heterocycles. The molecule has 1 aliphatic heterocycles. The van der Waals surface area contributed by atoms with Gasteiger partial charge in [0.15, 0.2) is 11.3 Å². The summed E-state index contributed by atoms with van der Waals surface area (Å²) in [7, 11) is 0. The standard InChI is InChI=1S/C13H8N3O6/c17-13-12-9(16(20)21)5-7(15(18)19)6-11(12)22-10-4-2-1-3-8(10)14-13/h1-6,18H,(H,14,17)/q-1. The second kappa shape index (κ2) is 4.98. The van der Waals surface area contributed by atoms with E-state index < -0.39 is 27.4 Å². The van der Waals surface area contributed by atoms with Gasteiger partial charge in [-0.1, -0.05) is 12.1 Å². The normalized spacial score (nSPS) is 12.4. The first-order valence-corrected chi connectivity index (χ1v) is 6.04. The summed E-state index contributed by atoms with van der Waals surface area (Å²) in [5, 5.41) is 33.1. The molecule has 3 rings (SSSR count). The lowest BCUT2D eigenvalue weighted by Gasteiger charge is -2.22. The van der Waals surface area contributed by atoms with E-state index in [-0.39, 0.29) is 17.1 Å². The van der Waals surface area contributed by atoms with Crippen molar-refractivity contribution in [2.24, 2.45) is 0 Å². The number of nitrogens with zero attached hydrogens (tertiary/aromatic N) is 2. The average molecular weight is 302 g/mol. The number of para-hydroxylation sites is 2. The molecule has 22 heavy (non-hydrogen) atoms. The van der Waals surface area contributed by atoms with Crippen LogP contribution in [-0.4, -0.2) is 16.0 Å². The molecule has 2 aromatic carbocycles. The van der Waals surface area contributed by atoms with Crippen LogP contribution in [0.3, 0.4) is 0 Å². The van der Waals surface area contributed by atoms with Crippen molar-refractivity contribution in [2.45, 2.75) is 0 Å². The minimum Gasteiger partial charge on any atom is -0.733 e. The quantitative estimate of drug-likeness (QED) is 0.644. The van der Waals surface area contributed by atoms with Crippen LogP contribution >= 0.6 is 0 Å². The molecule has 112 valence electrons. The molecule has 0 bridgehead atoms. The first kappa shape index (κ1) is 13.8. The van der Waals surface area contributed by atoms with Crippen molar-refractivity contribution in [3.05, 3.63) is 57.3 Å². The molecule has 9 nitrogen and oxygen atoms in total. The van der Waals surface area contributed by atoms with Gasteiger partial charge >= 0.3 is 0 Å². The second-order valence-corrected chi connectivity index (χ2v) is 4.42. The Balaban J connectivity index is 2.25. The van der Waals surface area contributed by atoms with Gasteiger partial charge in [0, 0.05) is 12.1 Å². The van der Waals surface area contributed by atoms with Crippen molar-refractivity contribution < 1.29 is 19.7 Å². The third-order valence-corrected chi connectivity index (χ3v) is 3.07. The number of benzene rings is 2. The van der Waals surface area contributed by atoms with Crippen LogP contribution in [0, 0.1) is 15.3 Å². The van der Waals surface area contributed by atoms with E-state index in [1.807, 2.05) is 0 Å². The molecule has 9 heteroatoms. The monoisotopic (exact) mass is 302 g/mol. The fourth-order valence-electron chi connectivity index (χ4n) is 2.11. The van der Waals surface area contributed by atoms with Gasteiger partial charge in [-0.05, 0) is 12.1 Å². The lowest BCUT2D eigenvalue weighted by Crippen LogP contribution is -2.14. The highest BCUT2D eigenvalue weighted by molar-refractivity contribution is 6.11. The number of ether oxygens (including phenoxy) is 1. The van der Waals surface area contributed by atoms with E-state index in [0.29, 0.717) is 5.69 Å². The molecule has 0 aromatic heterocycles. The molecule has 0 aliphatic carbocycles. The van der Waals surface area contributed by atoms with Gasteiger partial charge in [-0.25, -0.2) is 0 Å². The van der Waals surface area contributed by atoms with Crippen LogP contribution in [0.1, 0.15) is 10.4 Å². The molecular formula is C13H8N3O6-. The number of nitrogens with one attached hydrogen (secondary N) is 1. The highest BCUT2D eigenvalue weighted by atomic mass is 16.8. The Bertz CT molecular complexity index is 789. The third kappa shape index (κ3) is 2.20. The number of rotatable bonds is 2. The van der Waals surface area contributed by atoms with Crippen LogP contribution in [0.25, 0.3) is 0 Å². The highest BCUT2D eigenvalue weighted by Gasteiger charge is 2.30. The number of fused-ring (bicyclic) bond motifs is 2. The van der Waals surface area contributed by atoms with E-state index in [4.69, 9.17) is 9.94 Å². The van der Waals surface area contributed by atoms with E-state index in [9.17, 15) is 20.1 Å². The Morgan fingerprint density at radius 2 is 1.95 bits per heavy atom. The van der Waals surface area contributed by atoms with Crippen molar-refractivity contribution in [1.82, 2.24) is 0 Å². The van der Waals surface area contributed by atoms with E-state index in [0.717, 1.165) is 12.1 Å². The fraction of sp³-hybridized carbons (Fsp3) is 0. The van der Waals surface area contributed by atoms with E-state index in [1.165, 1.54) is 0 Å². The third-order valence-electron chi connectivity index (χ3n) is 3.07. The number of carbonyl (C=O) groups is 1. The molecule has 0 spiro atoms. The van der Waals surface area contributed by atoms with Gasteiger partial charge in [-0.2, -0.15) is 0 Å². The van der Waals surface area contributed by atoms with Gasteiger partial charge in [0.1, 0.15) is 5.75 Å². The molecule has 1 aliphatic rings. The summed E-state index contributed by atoms with van der Waals surface area (Å²) in [4.78, 5) is 22.5. The van der Waals surface area contributed by atoms with Gasteiger partial charge in [-0.3, -0.25) is 20.1 Å². The minimum absolute atomic E-state index is 0.193. The lowest BCUT2D eigenvalue weighted by atomic mass is 10.1. The molecule has 1 amide bonds. The number of nitro benzene ring substituents is 1. The van der Waals surface area contributed by atoms with E-state index in [2.05, 4.69) is 5.32 Å². The van der Waals surface area contributed by atoms with Gasteiger partial charge in [0.25, 0.3) is 11.6 Å². The fourth-order valence-corrected chi connectivity index (χ4v) is 2.11. The molecule has 0 fully saturated rings. The number of hydrogen-bond acceptors (Lipinski definition) is 7. The van der Waals surface area contributed by atoms with Crippen molar-refractivity contribution in [3.8, 4) is 11.5 Å². The van der Waals surface area contributed by atoms with Crippen LogP contribution in [0.5, 0.6) is 11.5 Å². The molecule has 0 atom stereocenters. The zero-order valence-electron chi connectivity index (χ0n) is 10.8. The van der Waals surface area contributed by atoms with Crippen molar-refractivity contribution >= 4 is 23.0 Å². The smallest absolute Gasteiger partial charge is 0.288 e.